The van der Waals surface area contributed by atoms with Crippen molar-refractivity contribution in [2.24, 2.45) is 23.7 Å². The summed E-state index contributed by atoms with van der Waals surface area (Å²) >= 11 is 0. The molecular weight excluding hydrogens is 1590 g/mol. The molecule has 4 amide bonds. The van der Waals surface area contributed by atoms with Crippen LogP contribution in [0.3, 0.4) is 0 Å². The van der Waals surface area contributed by atoms with E-state index in [1.807, 2.05) is 184 Å². The fourth-order valence-corrected chi connectivity index (χ4v) is 19.3. The molecule has 20 heterocycles. The molecule has 26 heteroatoms. The molecule has 0 N–H and O–H groups in total. The number of carbonyl (C=O) groups excluding carboxylic acids is 4. The Labute approximate surface area is 732 Å². The number of halogens is 2. The van der Waals surface area contributed by atoms with Crippen molar-refractivity contribution in [1.29, 1.82) is 0 Å². The Hall–Kier alpha value is -13.3. The number of carbonyl (C=O) groups is 4. The fourth-order valence-electron chi connectivity index (χ4n) is 19.3. The molecule has 644 valence electrons. The van der Waals surface area contributed by atoms with Crippen molar-refractivity contribution < 1.29 is 46.9 Å². The molecule has 4 aliphatic carbocycles. The normalized spacial score (nSPS) is 22.2. The van der Waals surface area contributed by atoms with Crippen LogP contribution in [-0.2, 0) is 0 Å². The highest BCUT2D eigenvalue weighted by molar-refractivity contribution is 6.02. The van der Waals surface area contributed by atoms with Crippen molar-refractivity contribution in [2.45, 2.75) is 181 Å². The van der Waals surface area contributed by atoms with E-state index in [1.165, 1.54) is 36.7 Å². The van der Waals surface area contributed by atoms with Crippen molar-refractivity contribution in [2.75, 3.05) is 26.2 Å². The number of rotatable bonds is 16. The number of hydrogen-bond donors (Lipinski definition) is 0. The van der Waals surface area contributed by atoms with Gasteiger partial charge in [-0.1, -0.05) is 36.4 Å². The topological polar surface area (TPSA) is 273 Å². The standard InChI is InChI=1S/2C25H25FN4O2.2C25H26N4O2/c1-15-5-10-22(28-13-15)32-21-12-17-7-9-20(21)30(14-17)25(31)18-8-6-16(2)29-23(18)24-19(26)4-3-11-27-24;1-15-5-8-22(28-12-15)32-21-11-17-6-7-20(21)30(14-17)25(31)24-18(10-16(2)13-29-24)23-19(26)4-3-9-27-23;1-16-7-10-22(28-14-16)31-21-13-18-8-9-20(21)29(15-18)25(30)19-6-4-12-27-24(19)23-17(2)5-3-11-26-23;1-16-7-10-22(28-14-16)31-21-13-18-8-9-20(21)29(15-18)25(30)24-19(6-4-12-27-24)23-17(2)5-3-11-26-23/h3-6,8,10-11,13,17,20-21H,7,9,12,14H2,1-2H3;3-5,8-10,12-13,17,20-21H,6-7,11,14H2,1-2H3;2*3-7,10-12,14,18,20-21H,8-9,13,15H2,1-2H3. The van der Waals surface area contributed by atoms with E-state index in [0.717, 1.165) is 146 Å². The summed E-state index contributed by atoms with van der Waals surface area (Å²) in [4.78, 5) is 115. The maximum absolute atomic E-state index is 14.5. The summed E-state index contributed by atoms with van der Waals surface area (Å²) in [5, 5.41) is 0. The van der Waals surface area contributed by atoms with Gasteiger partial charge in [-0.3, -0.25) is 59.0 Å². The third-order valence-electron chi connectivity index (χ3n) is 25.6. The monoisotopic (exact) mass is 1690 g/mol. The summed E-state index contributed by atoms with van der Waals surface area (Å²) in [6.45, 7) is 18.5. The van der Waals surface area contributed by atoms with Crippen LogP contribution in [0, 0.1) is 90.7 Å². The van der Waals surface area contributed by atoms with Gasteiger partial charge in [-0.2, -0.15) is 0 Å². The molecule has 4 saturated carbocycles. The number of nitrogens with zero attached hydrogens (tertiary/aromatic N) is 16. The van der Waals surface area contributed by atoms with Gasteiger partial charge in [-0.25, -0.2) is 28.7 Å². The van der Waals surface area contributed by atoms with Crippen LogP contribution in [0.15, 0.2) is 208 Å². The molecular formula is C100H102F2N16O8. The molecule has 126 heavy (non-hydrogen) atoms. The number of pyridine rings is 12. The Morgan fingerprint density at radius 1 is 0.310 bits per heavy atom. The van der Waals surface area contributed by atoms with E-state index in [0.29, 0.717) is 94.1 Å². The Morgan fingerprint density at radius 3 is 1.06 bits per heavy atom. The molecule has 12 aromatic heterocycles. The quantitative estimate of drug-likeness (QED) is 0.0869. The van der Waals surface area contributed by atoms with E-state index >= 15 is 0 Å². The van der Waals surface area contributed by atoms with Crippen molar-refractivity contribution in [1.82, 2.24) is 79.4 Å². The highest BCUT2D eigenvalue weighted by Gasteiger charge is 2.50. The second kappa shape index (κ2) is 37.7. The third kappa shape index (κ3) is 18.7. The first-order valence-electron chi connectivity index (χ1n) is 43.7. The van der Waals surface area contributed by atoms with Gasteiger partial charge in [0.05, 0.1) is 46.7 Å². The van der Waals surface area contributed by atoms with E-state index in [4.69, 9.17) is 18.9 Å². The summed E-state index contributed by atoms with van der Waals surface area (Å²) in [6, 6.07) is 41.7. The molecule has 24 nitrogen and oxygen atoms in total. The van der Waals surface area contributed by atoms with E-state index in [-0.39, 0.29) is 95.0 Å². The van der Waals surface area contributed by atoms with E-state index < -0.39 is 11.6 Å². The van der Waals surface area contributed by atoms with Crippen LogP contribution in [-0.4, -0.2) is 178 Å². The van der Waals surface area contributed by atoms with Crippen molar-refractivity contribution in [3.63, 3.8) is 0 Å². The van der Waals surface area contributed by atoms with Crippen LogP contribution < -0.4 is 18.9 Å². The lowest BCUT2D eigenvalue weighted by molar-refractivity contribution is -0.0316. The summed E-state index contributed by atoms with van der Waals surface area (Å²) in [5.41, 5.74) is 13.5. The lowest BCUT2D eigenvalue weighted by Crippen LogP contribution is -2.59. The molecule has 8 bridgehead atoms. The molecule has 12 atom stereocenters. The van der Waals surface area contributed by atoms with E-state index in [9.17, 15) is 28.0 Å². The molecule has 0 radical (unpaired) electrons. The van der Waals surface area contributed by atoms with Gasteiger partial charge in [0.2, 0.25) is 23.5 Å². The van der Waals surface area contributed by atoms with Crippen molar-refractivity contribution in [3.8, 4) is 68.8 Å². The summed E-state index contributed by atoms with van der Waals surface area (Å²) < 4.78 is 54.0. The van der Waals surface area contributed by atoms with Gasteiger partial charge < -0.3 is 38.5 Å². The number of ether oxygens (including phenoxy) is 4. The first-order chi connectivity index (χ1) is 61.2. The Bertz CT molecular complexity index is 5580. The lowest BCUT2D eigenvalue weighted by Gasteiger charge is -2.49. The second-order valence-electron chi connectivity index (χ2n) is 34.7. The zero-order chi connectivity index (χ0) is 87.2. The Balaban J connectivity index is 0.000000119. The predicted octanol–water partition coefficient (Wildman–Crippen LogP) is 17.2. The van der Waals surface area contributed by atoms with Gasteiger partial charge in [0.1, 0.15) is 64.4 Å². The molecule has 12 unspecified atom stereocenters. The second-order valence-corrected chi connectivity index (χ2v) is 34.7. The molecule has 0 spiro atoms. The summed E-state index contributed by atoms with van der Waals surface area (Å²) in [5.74, 6) is 2.66. The van der Waals surface area contributed by atoms with Gasteiger partial charge in [-0.15, -0.1) is 0 Å². The first-order valence-corrected chi connectivity index (χ1v) is 43.7. The summed E-state index contributed by atoms with van der Waals surface area (Å²) in [6.07, 6.45) is 30.2. The molecule has 8 aliphatic heterocycles. The van der Waals surface area contributed by atoms with Crippen LogP contribution in [0.25, 0.3) is 45.3 Å². The number of aromatic nitrogens is 12. The van der Waals surface area contributed by atoms with Crippen LogP contribution in [0.4, 0.5) is 8.78 Å². The average molecular weight is 1690 g/mol. The molecule has 24 rings (SSSR count). The van der Waals surface area contributed by atoms with Gasteiger partial charge in [0, 0.05) is 135 Å². The lowest BCUT2D eigenvalue weighted by atomic mass is 9.77. The smallest absolute Gasteiger partial charge is 0.273 e. The minimum absolute atomic E-state index is 0.00742. The van der Waals surface area contributed by atoms with E-state index in [2.05, 4.69) is 59.8 Å². The van der Waals surface area contributed by atoms with Gasteiger partial charge >= 0.3 is 0 Å². The predicted molar refractivity (Wildman–Crippen MR) is 471 cm³/mol. The third-order valence-corrected chi connectivity index (χ3v) is 25.6. The minimum atomic E-state index is -0.494. The van der Waals surface area contributed by atoms with Crippen molar-refractivity contribution in [3.05, 3.63) is 286 Å². The van der Waals surface area contributed by atoms with Crippen LogP contribution in [0.1, 0.15) is 163 Å². The number of fused-ring (bicyclic) bond motifs is 12. The number of aryl methyl sites for hydroxylation is 8. The summed E-state index contributed by atoms with van der Waals surface area (Å²) in [7, 11) is 0. The number of amides is 4. The molecule has 12 fully saturated rings. The zero-order valence-electron chi connectivity index (χ0n) is 72.0. The molecule has 12 aromatic rings. The maximum Gasteiger partial charge on any atom is 0.273 e. The van der Waals surface area contributed by atoms with Gasteiger partial charge in [-0.05, 0) is 274 Å². The Kier molecular flexibility index (Phi) is 25.4. The largest absolute Gasteiger partial charge is 0.472 e. The van der Waals surface area contributed by atoms with Gasteiger partial charge in [0.15, 0.2) is 5.82 Å². The van der Waals surface area contributed by atoms with Crippen LogP contribution in [0.5, 0.6) is 23.5 Å². The van der Waals surface area contributed by atoms with Crippen LogP contribution in [0.2, 0.25) is 0 Å². The Morgan fingerprint density at radius 2 is 0.659 bits per heavy atom. The maximum atomic E-state index is 14.5. The molecule has 0 aromatic carbocycles. The SMILES string of the molecule is Cc1ccc(OC2CC3CCC2N(C(=O)c2ccc(C)nc2-c2ncccc2F)C3)nc1.Cc1ccc(OC2CC3CCC2N(C(=O)c2cccnc2-c2ncccc2C)C3)nc1.Cc1ccc(OC2CC3CCC2N(C(=O)c2ncc(C)cc2-c2ncccc2F)C3)nc1.Cc1ccc(OC2CC3CCC2N(C(=O)c2ncccc2-c2ncccc2C)C3)nc1. The van der Waals surface area contributed by atoms with E-state index in [1.54, 1.807) is 61.6 Å². The zero-order valence-corrected chi connectivity index (χ0v) is 72.0. The fraction of sp³-hybridized carbons (Fsp3) is 0.360. The first kappa shape index (κ1) is 84.9. The molecule has 8 saturated heterocycles. The minimum Gasteiger partial charge on any atom is -0.472 e. The number of hydrogen-bond acceptors (Lipinski definition) is 20. The van der Waals surface area contributed by atoms with Crippen molar-refractivity contribution >= 4 is 23.6 Å². The average Bonchev–Trinajstić information content (AvgIpc) is 0.772. The molecule has 12 aliphatic rings. The number of piperidine rings is 8. The van der Waals surface area contributed by atoms with Crippen LogP contribution >= 0.6 is 0 Å². The highest BCUT2D eigenvalue weighted by atomic mass is 19.1. The van der Waals surface area contributed by atoms with Gasteiger partial charge in [0.25, 0.3) is 23.6 Å². The highest BCUT2D eigenvalue weighted by Crippen LogP contribution is 2.44.